The number of methoxy groups -OCH3 is 2. The van der Waals surface area contributed by atoms with E-state index in [-0.39, 0.29) is 36.5 Å². The van der Waals surface area contributed by atoms with Crippen molar-refractivity contribution in [3.63, 3.8) is 0 Å². The Balaban J connectivity index is 1.89. The molecule has 3 rings (SSSR count). The summed E-state index contributed by atoms with van der Waals surface area (Å²) in [6.07, 6.45) is 1.03. The maximum absolute atomic E-state index is 13.8. The standard InChI is InChI=1S/C31H37FN2O4/c1-22(2)20-33-31(36)27(18-23-8-6-5-7-9-23)34(21-25-10-14-26(32)15-11-25)30(35)17-13-24-12-16-28(37-3)29(19-24)38-4/h5-12,14-16,19,22,27H,13,17-18,20-21H2,1-4H3,(H,33,36). The monoisotopic (exact) mass is 520 g/mol. The zero-order chi connectivity index (χ0) is 27.5. The van der Waals surface area contributed by atoms with Crippen molar-refractivity contribution in [1.82, 2.24) is 10.2 Å². The predicted molar refractivity (Wildman–Crippen MR) is 147 cm³/mol. The Morgan fingerprint density at radius 2 is 1.53 bits per heavy atom. The fraction of sp³-hybridized carbons (Fsp3) is 0.355. The molecule has 0 aromatic heterocycles. The number of carbonyl (C=O) groups excluding carboxylic acids is 2. The van der Waals surface area contributed by atoms with Gasteiger partial charge in [-0.05, 0) is 53.3 Å². The molecule has 38 heavy (non-hydrogen) atoms. The first-order valence-electron chi connectivity index (χ1n) is 12.9. The van der Waals surface area contributed by atoms with Gasteiger partial charge in [0, 0.05) is 25.9 Å². The minimum absolute atomic E-state index is 0.162. The highest BCUT2D eigenvalue weighted by molar-refractivity contribution is 5.88. The Morgan fingerprint density at radius 1 is 0.868 bits per heavy atom. The molecule has 0 radical (unpaired) electrons. The van der Waals surface area contributed by atoms with Crippen molar-refractivity contribution in [2.24, 2.45) is 5.92 Å². The zero-order valence-corrected chi connectivity index (χ0v) is 22.6. The molecule has 0 fully saturated rings. The van der Waals surface area contributed by atoms with Gasteiger partial charge >= 0.3 is 0 Å². The minimum Gasteiger partial charge on any atom is -0.493 e. The molecule has 0 spiro atoms. The predicted octanol–water partition coefficient (Wildman–Crippen LogP) is 5.19. The number of carbonyl (C=O) groups is 2. The quantitative estimate of drug-likeness (QED) is 0.337. The summed E-state index contributed by atoms with van der Waals surface area (Å²) in [6, 6.07) is 20.5. The van der Waals surface area contributed by atoms with E-state index in [4.69, 9.17) is 9.47 Å². The van der Waals surface area contributed by atoms with Crippen LogP contribution in [0.15, 0.2) is 72.8 Å². The van der Waals surface area contributed by atoms with Gasteiger partial charge in [-0.15, -0.1) is 0 Å². The highest BCUT2D eigenvalue weighted by Crippen LogP contribution is 2.28. The van der Waals surface area contributed by atoms with Crippen molar-refractivity contribution in [3.05, 3.63) is 95.3 Å². The van der Waals surface area contributed by atoms with E-state index < -0.39 is 6.04 Å². The molecule has 0 saturated heterocycles. The van der Waals surface area contributed by atoms with Crippen molar-refractivity contribution in [3.8, 4) is 11.5 Å². The molecular weight excluding hydrogens is 483 g/mol. The lowest BCUT2D eigenvalue weighted by atomic mass is 10.0. The number of benzene rings is 3. The summed E-state index contributed by atoms with van der Waals surface area (Å²) in [6.45, 7) is 4.75. The van der Waals surface area contributed by atoms with Crippen LogP contribution in [0.4, 0.5) is 4.39 Å². The molecule has 6 nitrogen and oxygen atoms in total. The van der Waals surface area contributed by atoms with Gasteiger partial charge in [0.05, 0.1) is 14.2 Å². The Morgan fingerprint density at radius 3 is 2.16 bits per heavy atom. The molecule has 3 aromatic carbocycles. The fourth-order valence-corrected chi connectivity index (χ4v) is 4.19. The number of ether oxygens (including phenoxy) is 2. The second-order valence-corrected chi connectivity index (χ2v) is 9.68. The summed E-state index contributed by atoms with van der Waals surface area (Å²) in [5.41, 5.74) is 2.62. The highest BCUT2D eigenvalue weighted by atomic mass is 19.1. The SMILES string of the molecule is COc1ccc(CCC(=O)N(Cc2ccc(F)cc2)C(Cc2ccccc2)C(=O)NCC(C)C)cc1OC. The molecule has 0 bridgehead atoms. The van der Waals surface area contributed by atoms with Gasteiger partial charge < -0.3 is 19.7 Å². The molecule has 1 unspecified atom stereocenters. The molecule has 2 amide bonds. The summed E-state index contributed by atoms with van der Waals surface area (Å²) in [4.78, 5) is 28.9. The van der Waals surface area contributed by atoms with Crippen molar-refractivity contribution in [2.45, 2.75) is 45.7 Å². The third-order valence-electron chi connectivity index (χ3n) is 6.30. The summed E-state index contributed by atoms with van der Waals surface area (Å²) in [5.74, 6) is 0.757. The molecule has 0 aliphatic heterocycles. The van der Waals surface area contributed by atoms with Crippen molar-refractivity contribution >= 4 is 11.8 Å². The number of rotatable bonds is 13. The maximum atomic E-state index is 13.8. The number of aryl methyl sites for hydroxylation is 1. The summed E-state index contributed by atoms with van der Waals surface area (Å²) in [7, 11) is 3.15. The van der Waals surface area contributed by atoms with Gasteiger partial charge in [-0.3, -0.25) is 9.59 Å². The van der Waals surface area contributed by atoms with Crippen LogP contribution < -0.4 is 14.8 Å². The van der Waals surface area contributed by atoms with Crippen molar-refractivity contribution < 1.29 is 23.5 Å². The van der Waals surface area contributed by atoms with Gasteiger partial charge in [-0.2, -0.15) is 0 Å². The largest absolute Gasteiger partial charge is 0.493 e. The second-order valence-electron chi connectivity index (χ2n) is 9.68. The van der Waals surface area contributed by atoms with Crippen LogP contribution in [0.2, 0.25) is 0 Å². The van der Waals surface area contributed by atoms with Gasteiger partial charge in [0.15, 0.2) is 11.5 Å². The second kappa shape index (κ2) is 14.2. The van der Waals surface area contributed by atoms with Crippen LogP contribution in [-0.2, 0) is 29.0 Å². The normalized spacial score (nSPS) is 11.6. The van der Waals surface area contributed by atoms with E-state index in [1.54, 1.807) is 31.3 Å². The van der Waals surface area contributed by atoms with Crippen LogP contribution in [0, 0.1) is 11.7 Å². The zero-order valence-electron chi connectivity index (χ0n) is 22.6. The molecule has 0 aliphatic rings. The smallest absolute Gasteiger partial charge is 0.243 e. The third kappa shape index (κ3) is 8.33. The van der Waals surface area contributed by atoms with E-state index in [1.807, 2.05) is 62.4 Å². The molecule has 1 atom stereocenters. The lowest BCUT2D eigenvalue weighted by Gasteiger charge is -2.32. The first kappa shape index (κ1) is 28.7. The first-order valence-corrected chi connectivity index (χ1v) is 12.9. The van der Waals surface area contributed by atoms with E-state index in [0.29, 0.717) is 30.9 Å². The molecule has 0 aliphatic carbocycles. The van der Waals surface area contributed by atoms with E-state index in [1.165, 1.54) is 12.1 Å². The van der Waals surface area contributed by atoms with Crippen LogP contribution in [0.3, 0.4) is 0 Å². The Kier molecular flexibility index (Phi) is 10.7. The van der Waals surface area contributed by atoms with Crippen molar-refractivity contribution in [1.29, 1.82) is 0 Å². The van der Waals surface area contributed by atoms with Crippen LogP contribution in [0.1, 0.15) is 37.0 Å². The Labute approximate surface area is 224 Å². The van der Waals surface area contributed by atoms with Gasteiger partial charge in [0.2, 0.25) is 11.8 Å². The van der Waals surface area contributed by atoms with E-state index in [9.17, 15) is 14.0 Å². The summed E-state index contributed by atoms with van der Waals surface area (Å²) in [5, 5.41) is 3.01. The van der Waals surface area contributed by atoms with Crippen LogP contribution in [0.25, 0.3) is 0 Å². The molecule has 0 heterocycles. The van der Waals surface area contributed by atoms with E-state index in [2.05, 4.69) is 5.32 Å². The van der Waals surface area contributed by atoms with Gasteiger partial charge in [-0.25, -0.2) is 4.39 Å². The van der Waals surface area contributed by atoms with E-state index in [0.717, 1.165) is 16.7 Å². The fourth-order valence-electron chi connectivity index (χ4n) is 4.19. The molecule has 0 saturated carbocycles. The lowest BCUT2D eigenvalue weighted by molar-refractivity contribution is -0.141. The number of nitrogens with zero attached hydrogens (tertiary/aromatic N) is 1. The van der Waals surface area contributed by atoms with Gasteiger partial charge in [0.25, 0.3) is 0 Å². The van der Waals surface area contributed by atoms with E-state index >= 15 is 0 Å². The highest BCUT2D eigenvalue weighted by Gasteiger charge is 2.30. The van der Waals surface area contributed by atoms with Gasteiger partial charge in [0.1, 0.15) is 11.9 Å². The van der Waals surface area contributed by atoms with Gasteiger partial charge in [-0.1, -0.05) is 62.4 Å². The minimum atomic E-state index is -0.723. The topological polar surface area (TPSA) is 67.9 Å². The number of hydrogen-bond acceptors (Lipinski definition) is 4. The molecule has 7 heteroatoms. The van der Waals surface area contributed by atoms with Crippen LogP contribution in [-0.4, -0.2) is 43.5 Å². The number of hydrogen-bond donors (Lipinski definition) is 1. The number of halogens is 1. The lowest BCUT2D eigenvalue weighted by Crippen LogP contribution is -2.51. The molecule has 3 aromatic rings. The molecular formula is C31H37FN2O4. The number of nitrogens with one attached hydrogen (secondary N) is 1. The van der Waals surface area contributed by atoms with Crippen LogP contribution in [0.5, 0.6) is 11.5 Å². The average Bonchev–Trinajstić information content (AvgIpc) is 2.93. The Hall–Kier alpha value is -3.87. The van der Waals surface area contributed by atoms with Crippen LogP contribution >= 0.6 is 0 Å². The first-order chi connectivity index (χ1) is 18.3. The maximum Gasteiger partial charge on any atom is 0.243 e. The summed E-state index contributed by atoms with van der Waals surface area (Å²) >= 11 is 0. The van der Waals surface area contributed by atoms with Crippen molar-refractivity contribution in [2.75, 3.05) is 20.8 Å². The average molecular weight is 521 g/mol. The third-order valence-corrected chi connectivity index (χ3v) is 6.30. The number of amides is 2. The Bertz CT molecular complexity index is 1180. The molecule has 202 valence electrons. The molecule has 1 N–H and O–H groups in total. The summed E-state index contributed by atoms with van der Waals surface area (Å²) < 4.78 is 24.3.